The summed E-state index contributed by atoms with van der Waals surface area (Å²) >= 11 is 0. The second kappa shape index (κ2) is 7.14. The maximum atomic E-state index is 15.3. The predicted molar refractivity (Wildman–Crippen MR) is 104 cm³/mol. The van der Waals surface area contributed by atoms with Crippen molar-refractivity contribution in [1.82, 2.24) is 19.8 Å². The molecule has 0 bridgehead atoms. The zero-order valence-electron chi connectivity index (χ0n) is 16.6. The number of halogens is 4. The maximum absolute atomic E-state index is 15.3. The van der Waals surface area contributed by atoms with E-state index in [1.807, 2.05) is 0 Å². The van der Waals surface area contributed by atoms with Gasteiger partial charge in [-0.2, -0.15) is 10.1 Å². The minimum atomic E-state index is -2.80. The molecule has 1 aliphatic rings. The summed E-state index contributed by atoms with van der Waals surface area (Å²) in [4.78, 5) is 16.7. The summed E-state index contributed by atoms with van der Waals surface area (Å²) in [6, 6.07) is 5.98. The molecule has 164 valence electrons. The monoisotopic (exact) mass is 445 g/mol. The fourth-order valence-electron chi connectivity index (χ4n) is 3.66. The van der Waals surface area contributed by atoms with Gasteiger partial charge in [-0.25, -0.2) is 22.1 Å². The molecule has 1 saturated carbocycles. The lowest BCUT2D eigenvalue weighted by Crippen LogP contribution is -2.33. The van der Waals surface area contributed by atoms with E-state index in [1.54, 1.807) is 24.4 Å². The Morgan fingerprint density at radius 3 is 2.81 bits per heavy atom. The van der Waals surface area contributed by atoms with Crippen LogP contribution in [-0.2, 0) is 0 Å². The predicted octanol–water partition coefficient (Wildman–Crippen LogP) is 4.74. The van der Waals surface area contributed by atoms with Crippen LogP contribution >= 0.6 is 0 Å². The fraction of sp³-hybridized carbons (Fsp3) is 0.238. The van der Waals surface area contributed by atoms with Crippen molar-refractivity contribution in [2.75, 3.05) is 5.32 Å². The van der Waals surface area contributed by atoms with E-state index in [9.17, 15) is 18.0 Å². The summed E-state index contributed by atoms with van der Waals surface area (Å²) in [6.07, 6.45) is 2.07. The van der Waals surface area contributed by atoms with Crippen molar-refractivity contribution in [1.29, 1.82) is 0 Å². The molecule has 1 fully saturated rings. The zero-order chi connectivity index (χ0) is 22.6. The first-order valence-corrected chi connectivity index (χ1v) is 9.67. The number of hydrogen-bond donors (Lipinski definition) is 1. The highest BCUT2D eigenvalue weighted by Crippen LogP contribution is 2.48. The molecule has 3 aromatic heterocycles. The molecule has 1 N–H and O–H groups in total. The number of carbonyl (C=O) groups is 1. The van der Waals surface area contributed by atoms with E-state index in [-0.39, 0.29) is 34.1 Å². The topological polar surface area (TPSA) is 85.3 Å². The smallest absolute Gasteiger partial charge is 0.259 e. The number of amides is 1. The van der Waals surface area contributed by atoms with Crippen LogP contribution in [0.3, 0.4) is 0 Å². The van der Waals surface area contributed by atoms with Crippen molar-refractivity contribution in [2.24, 2.45) is 0 Å². The third-order valence-corrected chi connectivity index (χ3v) is 5.49. The Hall–Kier alpha value is -3.76. The summed E-state index contributed by atoms with van der Waals surface area (Å²) in [5.74, 6) is -6.26. The van der Waals surface area contributed by atoms with E-state index in [0.29, 0.717) is 5.52 Å². The minimum absolute atomic E-state index is 0.0664. The molecule has 3 heterocycles. The maximum Gasteiger partial charge on any atom is 0.259 e. The summed E-state index contributed by atoms with van der Waals surface area (Å²) in [7, 11) is 0. The molecule has 11 heteroatoms. The van der Waals surface area contributed by atoms with E-state index in [1.165, 1.54) is 17.6 Å². The molecule has 32 heavy (non-hydrogen) atoms. The van der Waals surface area contributed by atoms with Gasteiger partial charge in [0.2, 0.25) is 17.6 Å². The normalized spacial score (nSPS) is 15.7. The molecule has 0 aliphatic heterocycles. The van der Waals surface area contributed by atoms with Crippen LogP contribution in [0, 0.1) is 18.6 Å². The molecule has 5 rings (SSSR count). The van der Waals surface area contributed by atoms with E-state index in [0.717, 1.165) is 6.07 Å². The van der Waals surface area contributed by atoms with Crippen LogP contribution in [0.4, 0.5) is 23.2 Å². The molecule has 1 amide bonds. The van der Waals surface area contributed by atoms with Gasteiger partial charge in [-0.1, -0.05) is 11.2 Å². The van der Waals surface area contributed by atoms with Crippen LogP contribution in [0.25, 0.3) is 16.9 Å². The lowest BCUT2D eigenvalue weighted by molar-refractivity contribution is -0.0925. The van der Waals surface area contributed by atoms with Crippen molar-refractivity contribution in [3.63, 3.8) is 0 Å². The van der Waals surface area contributed by atoms with Crippen LogP contribution in [0.1, 0.15) is 40.6 Å². The molecule has 0 unspecified atom stereocenters. The molecular formula is C21H15F4N5O2. The number of pyridine rings is 1. The Morgan fingerprint density at radius 1 is 1.28 bits per heavy atom. The lowest BCUT2D eigenvalue weighted by Gasteiger charge is -2.31. The van der Waals surface area contributed by atoms with Gasteiger partial charge in [-0.05, 0) is 25.1 Å². The van der Waals surface area contributed by atoms with Crippen molar-refractivity contribution in [2.45, 2.75) is 31.6 Å². The van der Waals surface area contributed by atoms with Crippen molar-refractivity contribution in [3.05, 3.63) is 65.3 Å². The van der Waals surface area contributed by atoms with Gasteiger partial charge in [-0.15, -0.1) is 0 Å². The van der Waals surface area contributed by atoms with Crippen LogP contribution in [0.5, 0.6) is 0 Å². The van der Waals surface area contributed by atoms with Crippen LogP contribution in [-0.4, -0.2) is 31.6 Å². The van der Waals surface area contributed by atoms with Gasteiger partial charge in [0.25, 0.3) is 5.91 Å². The number of nitrogens with one attached hydrogen (secondary N) is 1. The minimum Gasteiger partial charge on any atom is -0.339 e. The van der Waals surface area contributed by atoms with Crippen molar-refractivity contribution in [3.8, 4) is 11.4 Å². The van der Waals surface area contributed by atoms with Gasteiger partial charge in [0, 0.05) is 30.5 Å². The highest BCUT2D eigenvalue weighted by atomic mass is 19.3. The summed E-state index contributed by atoms with van der Waals surface area (Å²) < 4.78 is 62.6. The lowest BCUT2D eigenvalue weighted by atomic mass is 9.81. The van der Waals surface area contributed by atoms with Gasteiger partial charge < -0.3 is 9.84 Å². The average molecular weight is 445 g/mol. The van der Waals surface area contributed by atoms with E-state index in [4.69, 9.17) is 4.52 Å². The molecule has 0 spiro atoms. The third kappa shape index (κ3) is 3.29. The SMILES string of the molecule is Cc1c(F)cc(-c2noc(C3CC(F)(F)C3)n2)c(F)c1NC(=O)c1cnn2ccccc12. The van der Waals surface area contributed by atoms with Gasteiger partial charge in [-0.3, -0.25) is 4.79 Å². The first-order valence-electron chi connectivity index (χ1n) is 9.67. The second-order valence-corrected chi connectivity index (χ2v) is 7.68. The van der Waals surface area contributed by atoms with Gasteiger partial charge in [0.1, 0.15) is 5.82 Å². The quantitative estimate of drug-likeness (QED) is 0.459. The first kappa shape index (κ1) is 20.2. The summed E-state index contributed by atoms with van der Waals surface area (Å²) in [5.41, 5.74) is -0.215. The average Bonchev–Trinajstić information content (AvgIpc) is 3.39. The van der Waals surface area contributed by atoms with Gasteiger partial charge in [0.15, 0.2) is 5.82 Å². The Labute approximate surface area is 178 Å². The Balaban J connectivity index is 1.48. The molecule has 0 atom stereocenters. The van der Waals surface area contributed by atoms with Crippen LogP contribution < -0.4 is 5.32 Å². The van der Waals surface area contributed by atoms with Crippen molar-refractivity contribution >= 4 is 17.1 Å². The molecule has 1 aromatic carbocycles. The number of nitrogens with zero attached hydrogens (tertiary/aromatic N) is 4. The van der Waals surface area contributed by atoms with E-state index >= 15 is 4.39 Å². The number of fused-ring (bicyclic) bond motifs is 1. The van der Waals surface area contributed by atoms with Crippen LogP contribution in [0.2, 0.25) is 0 Å². The highest BCUT2D eigenvalue weighted by molar-refractivity contribution is 6.09. The largest absolute Gasteiger partial charge is 0.339 e. The van der Waals surface area contributed by atoms with Crippen LogP contribution in [0.15, 0.2) is 41.2 Å². The second-order valence-electron chi connectivity index (χ2n) is 7.68. The van der Waals surface area contributed by atoms with Gasteiger partial charge in [0.05, 0.1) is 28.5 Å². The van der Waals surface area contributed by atoms with E-state index < -0.39 is 42.2 Å². The van der Waals surface area contributed by atoms with Crippen molar-refractivity contribution < 1.29 is 26.9 Å². The molecular weight excluding hydrogens is 430 g/mol. The number of benzene rings is 1. The number of carbonyl (C=O) groups excluding carboxylic acids is 1. The summed E-state index contributed by atoms with van der Waals surface area (Å²) in [5, 5.41) is 10.1. The standard InChI is InChI=1S/C21H15F4N5O2/c1-10-14(22)6-12(18-28-20(32-29-18)11-7-21(24,25)8-11)16(23)17(10)27-19(31)13-9-26-30-5-3-2-4-15(13)30/h2-6,9,11H,7-8H2,1H3,(H,27,31). The molecule has 0 saturated heterocycles. The highest BCUT2D eigenvalue weighted by Gasteiger charge is 2.48. The number of hydrogen-bond acceptors (Lipinski definition) is 5. The Bertz CT molecular complexity index is 1360. The Kier molecular flexibility index (Phi) is 4.50. The first-order chi connectivity index (χ1) is 15.2. The number of rotatable bonds is 4. The third-order valence-electron chi connectivity index (χ3n) is 5.49. The molecule has 1 aliphatic carbocycles. The molecule has 4 aromatic rings. The summed E-state index contributed by atoms with van der Waals surface area (Å²) in [6.45, 7) is 1.31. The Morgan fingerprint density at radius 2 is 2.06 bits per heavy atom. The number of alkyl halides is 2. The molecule has 0 radical (unpaired) electrons. The molecule has 7 nitrogen and oxygen atoms in total. The fourth-order valence-corrected chi connectivity index (χ4v) is 3.66. The van der Waals surface area contributed by atoms with Gasteiger partial charge >= 0.3 is 0 Å². The number of anilines is 1. The number of aromatic nitrogens is 4. The zero-order valence-corrected chi connectivity index (χ0v) is 16.6. The van der Waals surface area contributed by atoms with E-state index in [2.05, 4.69) is 20.6 Å².